The van der Waals surface area contributed by atoms with Crippen LogP contribution in [0.1, 0.15) is 102 Å². The van der Waals surface area contributed by atoms with Crippen molar-refractivity contribution < 1.29 is 0 Å². The Bertz CT molecular complexity index is 892. The zero-order valence-corrected chi connectivity index (χ0v) is 23.0. The highest BCUT2D eigenvalue weighted by Crippen LogP contribution is 2.43. The monoisotopic (exact) mass is 446 g/mol. The second-order valence-electron chi connectivity index (χ2n) is 12.9. The van der Waals surface area contributed by atoms with E-state index < -0.39 is 0 Å². The molecule has 0 aromatic heterocycles. The molecule has 3 unspecified atom stereocenters. The smallest absolute Gasteiger partial charge is 0.0216 e. The van der Waals surface area contributed by atoms with Crippen molar-refractivity contribution in [2.24, 2.45) is 35.0 Å². The van der Waals surface area contributed by atoms with Crippen LogP contribution in [-0.2, 0) is 25.7 Å². The highest BCUT2D eigenvalue weighted by Gasteiger charge is 2.37. The molecule has 0 spiro atoms. The molecule has 0 nitrogen and oxygen atoms in total. The summed E-state index contributed by atoms with van der Waals surface area (Å²) in [6.45, 7) is 21.3. The highest BCUT2D eigenvalue weighted by atomic mass is 14.4. The SMILES string of the molecule is CC(C)C1Cc2ccccc2CC1C(C)(C)C.CC(C)c1cccc2c1CCC(C(C)C)C2. The lowest BCUT2D eigenvalue weighted by Gasteiger charge is -2.43. The Labute approximate surface area is 205 Å². The Balaban J connectivity index is 0.000000186. The molecule has 2 aromatic carbocycles. The van der Waals surface area contributed by atoms with Crippen molar-refractivity contribution in [1.29, 1.82) is 0 Å². The maximum absolute atomic E-state index is 2.40. The summed E-state index contributed by atoms with van der Waals surface area (Å²) < 4.78 is 0. The van der Waals surface area contributed by atoms with E-state index in [0.29, 0.717) is 11.3 Å². The van der Waals surface area contributed by atoms with Gasteiger partial charge in [-0.3, -0.25) is 0 Å². The van der Waals surface area contributed by atoms with Crippen molar-refractivity contribution in [2.75, 3.05) is 0 Å². The molecule has 0 fully saturated rings. The summed E-state index contributed by atoms with van der Waals surface area (Å²) >= 11 is 0. The summed E-state index contributed by atoms with van der Waals surface area (Å²) in [6.07, 6.45) is 6.52. The van der Waals surface area contributed by atoms with Gasteiger partial charge in [0.15, 0.2) is 0 Å². The Morgan fingerprint density at radius 1 is 0.697 bits per heavy atom. The Kier molecular flexibility index (Phi) is 8.52. The molecule has 0 bridgehead atoms. The summed E-state index contributed by atoms with van der Waals surface area (Å²) in [6, 6.07) is 15.9. The molecule has 3 atom stereocenters. The Morgan fingerprint density at radius 3 is 1.85 bits per heavy atom. The van der Waals surface area contributed by atoms with Gasteiger partial charge in [-0.25, -0.2) is 0 Å². The van der Waals surface area contributed by atoms with E-state index >= 15 is 0 Å². The summed E-state index contributed by atoms with van der Waals surface area (Å²) in [5.74, 6) is 4.84. The van der Waals surface area contributed by atoms with Gasteiger partial charge in [0.25, 0.3) is 0 Å². The van der Waals surface area contributed by atoms with Gasteiger partial charge in [-0.1, -0.05) is 105 Å². The second kappa shape index (κ2) is 10.8. The van der Waals surface area contributed by atoms with Crippen molar-refractivity contribution in [1.82, 2.24) is 0 Å². The van der Waals surface area contributed by atoms with Gasteiger partial charge in [0.1, 0.15) is 0 Å². The van der Waals surface area contributed by atoms with Crippen LogP contribution in [0.15, 0.2) is 42.5 Å². The minimum Gasteiger partial charge on any atom is -0.0625 e. The molecule has 2 aliphatic carbocycles. The predicted octanol–water partition coefficient (Wildman–Crippen LogP) is 9.29. The van der Waals surface area contributed by atoms with Crippen molar-refractivity contribution in [3.63, 3.8) is 0 Å². The molecule has 0 N–H and O–H groups in total. The van der Waals surface area contributed by atoms with Crippen LogP contribution in [0.25, 0.3) is 0 Å². The zero-order chi connectivity index (χ0) is 24.3. The largest absolute Gasteiger partial charge is 0.0625 e. The molecule has 0 heterocycles. The van der Waals surface area contributed by atoms with Crippen LogP contribution in [0.4, 0.5) is 0 Å². The Hall–Kier alpha value is -1.56. The molecule has 33 heavy (non-hydrogen) atoms. The standard InChI is InChI=1S/C17H26.C16H24/c1-12(2)15-10-13-8-6-7-9-14(13)11-16(15)17(3,4)5;1-11(2)13-8-9-16-14(10-13)6-5-7-15(16)12(3)4/h6-9,12,15-16H,10-11H2,1-5H3;5-7,11-13H,8-10H2,1-4H3. The molecule has 2 aromatic rings. The van der Waals surface area contributed by atoms with E-state index in [1.165, 1.54) is 32.1 Å². The van der Waals surface area contributed by atoms with Crippen LogP contribution in [0.5, 0.6) is 0 Å². The van der Waals surface area contributed by atoms with Crippen LogP contribution < -0.4 is 0 Å². The highest BCUT2D eigenvalue weighted by molar-refractivity contribution is 5.39. The van der Waals surface area contributed by atoms with E-state index in [1.807, 2.05) is 0 Å². The molecule has 0 saturated carbocycles. The number of benzene rings is 2. The average molecular weight is 447 g/mol. The summed E-state index contributed by atoms with van der Waals surface area (Å²) in [7, 11) is 0. The van der Waals surface area contributed by atoms with Gasteiger partial charge in [-0.15, -0.1) is 0 Å². The number of hydrogen-bond acceptors (Lipinski definition) is 0. The van der Waals surface area contributed by atoms with E-state index in [-0.39, 0.29) is 0 Å². The van der Waals surface area contributed by atoms with E-state index in [1.54, 1.807) is 27.8 Å². The molecule has 0 radical (unpaired) electrons. The molecule has 0 heteroatoms. The summed E-state index contributed by atoms with van der Waals surface area (Å²) in [5.41, 5.74) is 8.46. The van der Waals surface area contributed by atoms with Crippen LogP contribution in [-0.4, -0.2) is 0 Å². The molecule has 182 valence electrons. The van der Waals surface area contributed by atoms with Crippen molar-refractivity contribution >= 4 is 0 Å². The van der Waals surface area contributed by atoms with Crippen molar-refractivity contribution in [3.8, 4) is 0 Å². The molecular formula is C33H50. The lowest BCUT2D eigenvalue weighted by atomic mass is 9.62. The molecule has 4 rings (SSSR count). The quantitative estimate of drug-likeness (QED) is 0.440. The molecule has 0 aliphatic heterocycles. The number of fused-ring (bicyclic) bond motifs is 2. The lowest BCUT2D eigenvalue weighted by Crippen LogP contribution is -2.37. The first kappa shape index (κ1) is 26.1. The minimum absolute atomic E-state index is 0.419. The Morgan fingerprint density at radius 2 is 1.30 bits per heavy atom. The normalized spacial score (nSPS) is 22.6. The minimum atomic E-state index is 0.419. The molecule has 0 saturated heterocycles. The van der Waals surface area contributed by atoms with Crippen LogP contribution in [0.2, 0.25) is 0 Å². The van der Waals surface area contributed by atoms with E-state index in [2.05, 4.69) is 105 Å². The maximum Gasteiger partial charge on any atom is -0.0216 e. The molecule has 0 amide bonds. The van der Waals surface area contributed by atoms with Crippen molar-refractivity contribution in [3.05, 3.63) is 70.3 Å². The average Bonchev–Trinajstić information content (AvgIpc) is 2.77. The first-order chi connectivity index (χ1) is 15.5. The van der Waals surface area contributed by atoms with E-state index in [9.17, 15) is 0 Å². The first-order valence-electron chi connectivity index (χ1n) is 13.7. The number of rotatable bonds is 3. The van der Waals surface area contributed by atoms with Gasteiger partial charge in [-0.05, 0) is 101 Å². The van der Waals surface area contributed by atoms with Gasteiger partial charge in [0.2, 0.25) is 0 Å². The fraction of sp³-hybridized carbons (Fsp3) is 0.636. The topological polar surface area (TPSA) is 0 Å². The third-order valence-electron chi connectivity index (χ3n) is 8.62. The first-order valence-corrected chi connectivity index (χ1v) is 13.7. The van der Waals surface area contributed by atoms with Gasteiger partial charge in [0.05, 0.1) is 0 Å². The van der Waals surface area contributed by atoms with Crippen LogP contribution in [0.3, 0.4) is 0 Å². The number of hydrogen-bond donors (Lipinski definition) is 0. The van der Waals surface area contributed by atoms with Crippen LogP contribution in [0, 0.1) is 35.0 Å². The van der Waals surface area contributed by atoms with Crippen LogP contribution >= 0.6 is 0 Å². The van der Waals surface area contributed by atoms with Gasteiger partial charge >= 0.3 is 0 Å². The summed E-state index contributed by atoms with van der Waals surface area (Å²) in [5, 5.41) is 0. The van der Waals surface area contributed by atoms with Crippen molar-refractivity contribution in [2.45, 2.75) is 100 Å². The summed E-state index contributed by atoms with van der Waals surface area (Å²) in [4.78, 5) is 0. The molecular weight excluding hydrogens is 396 g/mol. The lowest BCUT2D eigenvalue weighted by molar-refractivity contribution is 0.111. The van der Waals surface area contributed by atoms with Gasteiger partial charge < -0.3 is 0 Å². The fourth-order valence-electron chi connectivity index (χ4n) is 6.36. The third kappa shape index (κ3) is 6.32. The predicted molar refractivity (Wildman–Crippen MR) is 146 cm³/mol. The third-order valence-corrected chi connectivity index (χ3v) is 8.62. The second-order valence-corrected chi connectivity index (χ2v) is 12.9. The fourth-order valence-corrected chi connectivity index (χ4v) is 6.36. The zero-order valence-electron chi connectivity index (χ0n) is 23.0. The maximum atomic E-state index is 2.40. The van der Waals surface area contributed by atoms with Gasteiger partial charge in [-0.2, -0.15) is 0 Å². The van der Waals surface area contributed by atoms with E-state index in [4.69, 9.17) is 0 Å². The molecule has 2 aliphatic rings. The van der Waals surface area contributed by atoms with E-state index in [0.717, 1.165) is 29.6 Å². The van der Waals surface area contributed by atoms with Gasteiger partial charge in [0, 0.05) is 0 Å².